The van der Waals surface area contributed by atoms with Gasteiger partial charge in [0.25, 0.3) is 0 Å². The molecule has 3 heteroatoms. The van der Waals surface area contributed by atoms with Crippen LogP contribution in [-0.4, -0.2) is 17.0 Å². The van der Waals surface area contributed by atoms with Crippen molar-refractivity contribution >= 4 is 0 Å². The Balaban J connectivity index is 2.45. The van der Waals surface area contributed by atoms with E-state index in [0.717, 1.165) is 11.5 Å². The molecule has 0 saturated carbocycles. The average Bonchev–Trinajstić information content (AvgIpc) is 2.39. The summed E-state index contributed by atoms with van der Waals surface area (Å²) >= 11 is 0. The highest BCUT2D eigenvalue weighted by Gasteiger charge is 2.08. The molecule has 0 atom stereocenters. The maximum absolute atomic E-state index is 4.62. The summed E-state index contributed by atoms with van der Waals surface area (Å²) in [7, 11) is 1.90. The number of nitrogens with one attached hydrogen (secondary N) is 1. The van der Waals surface area contributed by atoms with Crippen LogP contribution in [0.3, 0.4) is 0 Å². The highest BCUT2D eigenvalue weighted by Crippen LogP contribution is 2.26. The van der Waals surface area contributed by atoms with Gasteiger partial charge in [0.1, 0.15) is 5.82 Å². The molecule has 0 radical (unpaired) electrons. The maximum Gasteiger partial charge on any atom is 0.142 e. The van der Waals surface area contributed by atoms with E-state index < -0.39 is 0 Å². The van der Waals surface area contributed by atoms with E-state index in [2.05, 4.69) is 54.3 Å². The van der Waals surface area contributed by atoms with Crippen LogP contribution in [0.15, 0.2) is 30.5 Å². The van der Waals surface area contributed by atoms with Crippen molar-refractivity contribution in [3.8, 4) is 11.3 Å². The highest BCUT2D eigenvalue weighted by molar-refractivity contribution is 5.64. The molecule has 1 aromatic heterocycles. The molecule has 0 bridgehead atoms. The molecule has 3 nitrogen and oxygen atoms in total. The van der Waals surface area contributed by atoms with E-state index in [-0.39, 0.29) is 0 Å². The van der Waals surface area contributed by atoms with Crippen LogP contribution in [0.4, 0.5) is 0 Å². The van der Waals surface area contributed by atoms with Gasteiger partial charge in [-0.15, -0.1) is 0 Å². The van der Waals surface area contributed by atoms with E-state index >= 15 is 0 Å². The van der Waals surface area contributed by atoms with E-state index in [0.29, 0.717) is 12.5 Å². The van der Waals surface area contributed by atoms with Gasteiger partial charge in [0.15, 0.2) is 0 Å². The normalized spacial score (nSPS) is 11.0. The van der Waals surface area contributed by atoms with Gasteiger partial charge < -0.3 is 5.32 Å². The van der Waals surface area contributed by atoms with Crippen molar-refractivity contribution in [1.82, 2.24) is 15.3 Å². The molecule has 2 rings (SSSR count). The quantitative estimate of drug-likeness (QED) is 0.911. The Morgan fingerprint density at radius 3 is 2.68 bits per heavy atom. The Labute approximate surface area is 115 Å². The van der Waals surface area contributed by atoms with Crippen molar-refractivity contribution in [3.63, 3.8) is 0 Å². The molecule has 0 amide bonds. The number of benzene rings is 1. The van der Waals surface area contributed by atoms with Gasteiger partial charge in [0.2, 0.25) is 0 Å². The third-order valence-electron chi connectivity index (χ3n) is 3.24. The van der Waals surface area contributed by atoms with E-state index in [4.69, 9.17) is 0 Å². The van der Waals surface area contributed by atoms with Gasteiger partial charge in [-0.2, -0.15) is 0 Å². The number of hydrogen-bond donors (Lipinski definition) is 1. The summed E-state index contributed by atoms with van der Waals surface area (Å²) in [4.78, 5) is 8.89. The lowest BCUT2D eigenvalue weighted by Crippen LogP contribution is -2.09. The first-order valence-electron chi connectivity index (χ1n) is 6.69. The van der Waals surface area contributed by atoms with Crippen LogP contribution < -0.4 is 5.32 Å². The molecule has 0 aliphatic rings. The second-order valence-electron chi connectivity index (χ2n) is 5.12. The summed E-state index contributed by atoms with van der Waals surface area (Å²) in [6, 6.07) is 8.58. The first-order chi connectivity index (χ1) is 9.11. The Morgan fingerprint density at radius 2 is 2.00 bits per heavy atom. The zero-order valence-electron chi connectivity index (χ0n) is 12.1. The number of aromatic nitrogens is 2. The second-order valence-corrected chi connectivity index (χ2v) is 5.12. The largest absolute Gasteiger partial charge is 0.313 e. The molecule has 2 aromatic rings. The molecule has 100 valence electrons. The third kappa shape index (κ3) is 3.18. The van der Waals surface area contributed by atoms with Crippen molar-refractivity contribution in [3.05, 3.63) is 47.4 Å². The highest BCUT2D eigenvalue weighted by atomic mass is 14.9. The van der Waals surface area contributed by atoms with Crippen LogP contribution in [0.1, 0.15) is 36.7 Å². The van der Waals surface area contributed by atoms with Crippen LogP contribution in [-0.2, 0) is 6.54 Å². The molecule has 0 aliphatic carbocycles. The van der Waals surface area contributed by atoms with Gasteiger partial charge in [0, 0.05) is 11.8 Å². The van der Waals surface area contributed by atoms with E-state index in [1.165, 1.54) is 16.7 Å². The van der Waals surface area contributed by atoms with Gasteiger partial charge in [-0.25, -0.2) is 9.97 Å². The maximum atomic E-state index is 4.62. The van der Waals surface area contributed by atoms with Crippen LogP contribution in [0, 0.1) is 6.92 Å². The summed E-state index contributed by atoms with van der Waals surface area (Å²) in [6.45, 7) is 7.23. The van der Waals surface area contributed by atoms with Crippen molar-refractivity contribution in [2.45, 2.75) is 33.2 Å². The van der Waals surface area contributed by atoms with Crippen LogP contribution in [0.5, 0.6) is 0 Å². The predicted molar refractivity (Wildman–Crippen MR) is 79.1 cm³/mol. The summed E-state index contributed by atoms with van der Waals surface area (Å²) < 4.78 is 0. The fourth-order valence-electron chi connectivity index (χ4n) is 2.07. The Morgan fingerprint density at radius 1 is 1.21 bits per heavy atom. The molecule has 0 saturated heterocycles. The standard InChI is InChI=1S/C16H21N3/c1-11(2)13-6-5-12(3)14(9-13)15-7-8-18-16(19-15)10-17-4/h5-9,11,17H,10H2,1-4H3. The average molecular weight is 255 g/mol. The second kappa shape index (κ2) is 5.93. The molecule has 1 aromatic carbocycles. The lowest BCUT2D eigenvalue weighted by Gasteiger charge is -2.11. The van der Waals surface area contributed by atoms with Gasteiger partial charge >= 0.3 is 0 Å². The number of rotatable bonds is 4. The van der Waals surface area contributed by atoms with Crippen molar-refractivity contribution < 1.29 is 0 Å². The molecule has 19 heavy (non-hydrogen) atoms. The van der Waals surface area contributed by atoms with Crippen LogP contribution in [0.25, 0.3) is 11.3 Å². The predicted octanol–water partition coefficient (Wildman–Crippen LogP) is 3.29. The molecular formula is C16H21N3. The van der Waals surface area contributed by atoms with Crippen molar-refractivity contribution in [2.75, 3.05) is 7.05 Å². The van der Waals surface area contributed by atoms with Gasteiger partial charge in [-0.05, 0) is 43.1 Å². The minimum atomic E-state index is 0.526. The van der Waals surface area contributed by atoms with E-state index in [1.54, 1.807) is 0 Å². The molecule has 1 N–H and O–H groups in total. The fraction of sp³-hybridized carbons (Fsp3) is 0.375. The first-order valence-corrected chi connectivity index (χ1v) is 6.69. The molecular weight excluding hydrogens is 234 g/mol. The molecule has 0 unspecified atom stereocenters. The number of aryl methyl sites for hydroxylation is 1. The Hall–Kier alpha value is -1.74. The monoisotopic (exact) mass is 255 g/mol. The number of hydrogen-bond acceptors (Lipinski definition) is 3. The fourth-order valence-corrected chi connectivity index (χ4v) is 2.07. The van der Waals surface area contributed by atoms with Crippen LogP contribution >= 0.6 is 0 Å². The zero-order chi connectivity index (χ0) is 13.8. The lowest BCUT2D eigenvalue weighted by molar-refractivity contribution is 0.759. The van der Waals surface area contributed by atoms with Gasteiger partial charge in [-0.3, -0.25) is 0 Å². The molecule has 1 heterocycles. The van der Waals surface area contributed by atoms with Gasteiger partial charge in [0.05, 0.1) is 12.2 Å². The SMILES string of the molecule is CNCc1nccc(-c2cc(C(C)C)ccc2C)n1. The summed E-state index contributed by atoms with van der Waals surface area (Å²) in [5, 5.41) is 3.08. The van der Waals surface area contributed by atoms with E-state index in [9.17, 15) is 0 Å². The summed E-state index contributed by atoms with van der Waals surface area (Å²) in [6.07, 6.45) is 1.83. The summed E-state index contributed by atoms with van der Waals surface area (Å²) in [5.41, 5.74) is 4.79. The van der Waals surface area contributed by atoms with E-state index in [1.807, 2.05) is 19.3 Å². The van der Waals surface area contributed by atoms with Crippen LogP contribution in [0.2, 0.25) is 0 Å². The summed E-state index contributed by atoms with van der Waals surface area (Å²) in [5.74, 6) is 1.35. The molecule has 0 fully saturated rings. The number of nitrogens with zero attached hydrogens (tertiary/aromatic N) is 2. The zero-order valence-corrected chi connectivity index (χ0v) is 12.1. The first kappa shape index (κ1) is 13.7. The molecule has 0 spiro atoms. The Kier molecular flexibility index (Phi) is 4.27. The van der Waals surface area contributed by atoms with Crippen molar-refractivity contribution in [2.24, 2.45) is 0 Å². The Bertz CT molecular complexity index is 562. The minimum Gasteiger partial charge on any atom is -0.313 e. The lowest BCUT2D eigenvalue weighted by atomic mass is 9.96. The third-order valence-corrected chi connectivity index (χ3v) is 3.24. The smallest absolute Gasteiger partial charge is 0.142 e. The van der Waals surface area contributed by atoms with Crippen molar-refractivity contribution in [1.29, 1.82) is 0 Å². The molecule has 0 aliphatic heterocycles. The minimum absolute atomic E-state index is 0.526. The topological polar surface area (TPSA) is 37.8 Å². The van der Waals surface area contributed by atoms with Gasteiger partial charge in [-0.1, -0.05) is 26.0 Å².